The summed E-state index contributed by atoms with van der Waals surface area (Å²) in [5, 5.41) is 16.3. The number of likely N-dealkylation sites (tertiary alicyclic amines) is 1. The Morgan fingerprint density at radius 1 is 1.13 bits per heavy atom. The second-order valence-electron chi connectivity index (χ2n) is 9.03. The number of rotatable bonds is 1. The monoisotopic (exact) mass is 401 g/mol. The van der Waals surface area contributed by atoms with E-state index in [0.717, 1.165) is 30.1 Å². The summed E-state index contributed by atoms with van der Waals surface area (Å²) in [4.78, 5) is 20.1. The minimum atomic E-state index is -0.456. The molecule has 0 aliphatic carbocycles. The van der Waals surface area contributed by atoms with Crippen molar-refractivity contribution in [3.63, 3.8) is 0 Å². The fraction of sp³-hybridized carbons (Fsp3) is 0.375. The van der Waals surface area contributed by atoms with Gasteiger partial charge in [0.2, 0.25) is 0 Å². The molecular formula is C24H27N5O. The molecule has 1 spiro atoms. The van der Waals surface area contributed by atoms with Gasteiger partial charge in [-0.15, -0.1) is 0 Å². The number of hydrogen-bond acceptors (Lipinski definition) is 4. The third-order valence-corrected chi connectivity index (χ3v) is 5.50. The van der Waals surface area contributed by atoms with Gasteiger partial charge in [-0.2, -0.15) is 5.26 Å². The molecule has 1 unspecified atom stereocenters. The lowest BCUT2D eigenvalue weighted by atomic mass is 9.84. The van der Waals surface area contributed by atoms with Crippen LogP contribution < -0.4 is 10.6 Å². The van der Waals surface area contributed by atoms with Crippen molar-refractivity contribution in [3.05, 3.63) is 59.7 Å². The smallest absolute Gasteiger partial charge is 0.253 e. The highest BCUT2D eigenvalue weighted by atomic mass is 16.2. The Kier molecular flexibility index (Phi) is 4.98. The van der Waals surface area contributed by atoms with E-state index in [4.69, 9.17) is 10.3 Å². The van der Waals surface area contributed by atoms with Gasteiger partial charge in [0, 0.05) is 12.1 Å². The topological polar surface area (TPSA) is 80.5 Å². The molecule has 6 heteroatoms. The molecule has 0 saturated carbocycles. The summed E-state index contributed by atoms with van der Waals surface area (Å²) in [6.45, 7) is 7.48. The first-order chi connectivity index (χ1) is 14.3. The van der Waals surface area contributed by atoms with Crippen LogP contribution in [0.15, 0.2) is 53.5 Å². The van der Waals surface area contributed by atoms with Crippen LogP contribution in [-0.2, 0) is 0 Å². The number of fused-ring (bicyclic) bond motifs is 1. The minimum Gasteiger partial charge on any atom is -0.370 e. The van der Waals surface area contributed by atoms with Crippen LogP contribution in [0.3, 0.4) is 0 Å². The molecule has 2 heterocycles. The van der Waals surface area contributed by atoms with Gasteiger partial charge in [-0.05, 0) is 70.0 Å². The van der Waals surface area contributed by atoms with Crippen LogP contribution in [0.25, 0.3) is 0 Å². The molecule has 2 aromatic rings. The van der Waals surface area contributed by atoms with Gasteiger partial charge in [0.05, 0.1) is 35.1 Å². The molecule has 0 bridgehead atoms. The first kappa shape index (κ1) is 20.0. The molecule has 1 amide bonds. The average molecular weight is 402 g/mol. The predicted molar refractivity (Wildman–Crippen MR) is 120 cm³/mol. The van der Waals surface area contributed by atoms with E-state index in [0.29, 0.717) is 24.2 Å². The number of amidine groups is 1. The third kappa shape index (κ3) is 3.88. The Hall–Kier alpha value is -3.33. The molecule has 154 valence electrons. The van der Waals surface area contributed by atoms with Gasteiger partial charge in [-0.3, -0.25) is 9.79 Å². The van der Waals surface area contributed by atoms with Crippen molar-refractivity contribution in [2.24, 2.45) is 4.99 Å². The number of aliphatic imine (C=N–C) groups is 1. The molecule has 0 radical (unpaired) electrons. The van der Waals surface area contributed by atoms with Crippen molar-refractivity contribution in [2.45, 2.75) is 44.7 Å². The number of piperidine rings is 1. The highest BCUT2D eigenvalue weighted by Crippen LogP contribution is 2.37. The van der Waals surface area contributed by atoms with E-state index < -0.39 is 5.54 Å². The number of hydrogen-bond donors (Lipinski definition) is 2. The maximum absolute atomic E-state index is 13.2. The number of carbonyl (C=O) groups is 1. The van der Waals surface area contributed by atoms with E-state index in [-0.39, 0.29) is 11.4 Å². The minimum absolute atomic E-state index is 0.0191. The highest BCUT2D eigenvalue weighted by Gasteiger charge is 2.45. The zero-order chi connectivity index (χ0) is 21.4. The summed E-state index contributed by atoms with van der Waals surface area (Å²) < 4.78 is 0. The van der Waals surface area contributed by atoms with Gasteiger partial charge >= 0.3 is 0 Å². The lowest BCUT2D eigenvalue weighted by molar-refractivity contribution is 0.0694. The number of anilines is 2. The lowest BCUT2D eigenvalue weighted by Crippen LogP contribution is -2.63. The van der Waals surface area contributed by atoms with E-state index in [1.807, 2.05) is 23.1 Å². The fourth-order valence-electron chi connectivity index (χ4n) is 4.13. The second kappa shape index (κ2) is 7.49. The van der Waals surface area contributed by atoms with E-state index in [2.05, 4.69) is 43.5 Å². The number of carbonyl (C=O) groups excluding carboxylic acids is 1. The molecule has 2 N–H and O–H groups in total. The molecule has 1 atom stereocenters. The number of benzene rings is 2. The van der Waals surface area contributed by atoms with Gasteiger partial charge < -0.3 is 15.5 Å². The van der Waals surface area contributed by atoms with E-state index in [1.165, 1.54) is 0 Å². The molecular weight excluding hydrogens is 374 g/mol. The molecule has 0 aromatic heterocycles. The Morgan fingerprint density at radius 2 is 1.83 bits per heavy atom. The summed E-state index contributed by atoms with van der Waals surface area (Å²) >= 11 is 0. The number of para-hydroxylation sites is 2. The van der Waals surface area contributed by atoms with Crippen LogP contribution in [0.4, 0.5) is 11.4 Å². The number of amides is 1. The Labute approximate surface area is 177 Å². The fourth-order valence-corrected chi connectivity index (χ4v) is 4.13. The van der Waals surface area contributed by atoms with E-state index >= 15 is 0 Å². The Balaban J connectivity index is 1.67. The molecule has 2 aromatic carbocycles. The molecule has 1 saturated heterocycles. The van der Waals surface area contributed by atoms with Crippen LogP contribution in [0.1, 0.15) is 49.5 Å². The second-order valence-corrected chi connectivity index (χ2v) is 9.03. The molecule has 2 aliphatic rings. The SMILES string of the molecule is CC(C)(C)N=C1Nc2ccccc2NC12CCCN(C(=O)c1ccc(C#N)cc1)C2. The van der Waals surface area contributed by atoms with Gasteiger partial charge in [-0.25, -0.2) is 0 Å². The highest BCUT2D eigenvalue weighted by molar-refractivity contribution is 6.10. The van der Waals surface area contributed by atoms with Crippen molar-refractivity contribution in [3.8, 4) is 6.07 Å². The maximum Gasteiger partial charge on any atom is 0.253 e. The van der Waals surface area contributed by atoms with Crippen LogP contribution in [0.2, 0.25) is 0 Å². The largest absolute Gasteiger partial charge is 0.370 e. The normalized spacial score (nSPS) is 22.1. The number of nitrogens with zero attached hydrogens (tertiary/aromatic N) is 3. The molecule has 30 heavy (non-hydrogen) atoms. The van der Waals surface area contributed by atoms with Gasteiger partial charge in [0.25, 0.3) is 5.91 Å². The molecule has 1 fully saturated rings. The van der Waals surface area contributed by atoms with Crippen LogP contribution in [0, 0.1) is 11.3 Å². The van der Waals surface area contributed by atoms with Crippen molar-refractivity contribution < 1.29 is 4.79 Å². The van der Waals surface area contributed by atoms with Crippen LogP contribution in [-0.4, -0.2) is 40.8 Å². The Morgan fingerprint density at radius 3 is 2.50 bits per heavy atom. The van der Waals surface area contributed by atoms with E-state index in [9.17, 15) is 4.79 Å². The Bertz CT molecular complexity index is 1030. The standard InChI is InChI=1S/C24H27N5O/c1-23(2,3)28-22-24(27-20-8-5-4-7-19(20)26-22)13-6-14-29(16-24)21(30)18-11-9-17(15-25)10-12-18/h4-5,7-12,27H,6,13-14,16H2,1-3H3,(H,26,28). The zero-order valence-corrected chi connectivity index (χ0v) is 17.7. The van der Waals surface area contributed by atoms with E-state index in [1.54, 1.807) is 24.3 Å². The summed E-state index contributed by atoms with van der Waals surface area (Å²) in [7, 11) is 0. The van der Waals surface area contributed by atoms with Crippen molar-refractivity contribution >= 4 is 23.1 Å². The average Bonchev–Trinajstić information content (AvgIpc) is 2.73. The van der Waals surface area contributed by atoms with Crippen molar-refractivity contribution in [1.29, 1.82) is 5.26 Å². The number of nitrogens with one attached hydrogen (secondary N) is 2. The lowest BCUT2D eigenvalue weighted by Gasteiger charge is -2.48. The van der Waals surface area contributed by atoms with Gasteiger partial charge in [0.1, 0.15) is 11.4 Å². The quantitative estimate of drug-likeness (QED) is 0.748. The molecule has 6 nitrogen and oxygen atoms in total. The number of nitriles is 1. The summed E-state index contributed by atoms with van der Waals surface area (Å²) in [5.74, 6) is 0.861. The van der Waals surface area contributed by atoms with Crippen molar-refractivity contribution in [1.82, 2.24) is 4.90 Å². The first-order valence-corrected chi connectivity index (χ1v) is 10.3. The maximum atomic E-state index is 13.2. The van der Waals surface area contributed by atoms with Gasteiger partial charge in [-0.1, -0.05) is 12.1 Å². The zero-order valence-electron chi connectivity index (χ0n) is 17.7. The van der Waals surface area contributed by atoms with Crippen LogP contribution in [0.5, 0.6) is 0 Å². The van der Waals surface area contributed by atoms with Gasteiger partial charge in [0.15, 0.2) is 0 Å². The first-order valence-electron chi connectivity index (χ1n) is 10.3. The summed E-state index contributed by atoms with van der Waals surface area (Å²) in [5.41, 5.74) is 2.48. The molecule has 4 rings (SSSR count). The predicted octanol–water partition coefficient (Wildman–Crippen LogP) is 4.27. The van der Waals surface area contributed by atoms with Crippen molar-refractivity contribution in [2.75, 3.05) is 23.7 Å². The summed E-state index contributed by atoms with van der Waals surface area (Å²) in [6.07, 6.45) is 1.77. The summed E-state index contributed by atoms with van der Waals surface area (Å²) in [6, 6.07) is 17.0. The molecule has 2 aliphatic heterocycles. The third-order valence-electron chi connectivity index (χ3n) is 5.50. The van der Waals surface area contributed by atoms with Crippen LogP contribution >= 0.6 is 0 Å².